The van der Waals surface area contributed by atoms with E-state index in [1.54, 1.807) is 25.4 Å². The first kappa shape index (κ1) is 14.8. The zero-order valence-electron chi connectivity index (χ0n) is 12.7. The molecular formula is C18H17N3O2. The molecule has 1 amide bonds. The molecule has 0 aliphatic heterocycles. The number of carbonyl (C=O) groups is 1. The van der Waals surface area contributed by atoms with Gasteiger partial charge in [0.15, 0.2) is 0 Å². The van der Waals surface area contributed by atoms with Gasteiger partial charge in [0.25, 0.3) is 5.91 Å². The van der Waals surface area contributed by atoms with Crippen LogP contribution in [0.15, 0.2) is 60.8 Å². The van der Waals surface area contributed by atoms with Crippen molar-refractivity contribution in [1.82, 2.24) is 15.3 Å². The second-order valence-corrected chi connectivity index (χ2v) is 5.02. The average molecular weight is 307 g/mol. The highest BCUT2D eigenvalue weighted by Crippen LogP contribution is 2.20. The van der Waals surface area contributed by atoms with Gasteiger partial charge in [-0.05, 0) is 42.0 Å². The SMILES string of the molecule is COc1ccc(-c2cnc(CNC(=O)c3ccccc3)[nH]2)cc1. The Morgan fingerprint density at radius 2 is 1.87 bits per heavy atom. The first-order chi connectivity index (χ1) is 11.3. The van der Waals surface area contributed by atoms with Crippen LogP contribution in [-0.4, -0.2) is 23.0 Å². The van der Waals surface area contributed by atoms with Crippen LogP contribution < -0.4 is 10.1 Å². The highest BCUT2D eigenvalue weighted by molar-refractivity contribution is 5.94. The molecule has 0 spiro atoms. The van der Waals surface area contributed by atoms with Crippen molar-refractivity contribution in [1.29, 1.82) is 0 Å². The average Bonchev–Trinajstić information content (AvgIpc) is 3.09. The molecule has 0 radical (unpaired) electrons. The fourth-order valence-corrected chi connectivity index (χ4v) is 2.23. The zero-order chi connectivity index (χ0) is 16.1. The first-order valence-electron chi connectivity index (χ1n) is 7.28. The van der Waals surface area contributed by atoms with Gasteiger partial charge in [0.1, 0.15) is 11.6 Å². The summed E-state index contributed by atoms with van der Waals surface area (Å²) in [7, 11) is 1.64. The van der Waals surface area contributed by atoms with E-state index in [-0.39, 0.29) is 5.91 Å². The van der Waals surface area contributed by atoms with Crippen LogP contribution in [0.4, 0.5) is 0 Å². The highest BCUT2D eigenvalue weighted by Gasteiger charge is 2.07. The standard InChI is InChI=1S/C18H17N3O2/c1-23-15-9-7-13(8-10-15)16-11-19-17(21-16)12-20-18(22)14-5-3-2-4-6-14/h2-11H,12H2,1H3,(H,19,21)(H,20,22). The summed E-state index contributed by atoms with van der Waals surface area (Å²) in [4.78, 5) is 19.5. The normalized spacial score (nSPS) is 10.3. The summed E-state index contributed by atoms with van der Waals surface area (Å²) in [5.74, 6) is 1.40. The van der Waals surface area contributed by atoms with Crippen LogP contribution in [0, 0.1) is 0 Å². The smallest absolute Gasteiger partial charge is 0.251 e. The Labute approximate surface area is 134 Å². The van der Waals surface area contributed by atoms with E-state index in [0.717, 1.165) is 17.0 Å². The molecule has 3 aromatic rings. The number of H-pyrrole nitrogens is 1. The van der Waals surface area contributed by atoms with E-state index < -0.39 is 0 Å². The lowest BCUT2D eigenvalue weighted by atomic mass is 10.2. The van der Waals surface area contributed by atoms with Crippen LogP contribution in [-0.2, 0) is 6.54 Å². The second-order valence-electron chi connectivity index (χ2n) is 5.02. The molecule has 2 N–H and O–H groups in total. The summed E-state index contributed by atoms with van der Waals surface area (Å²) >= 11 is 0. The molecule has 116 valence electrons. The number of nitrogens with zero attached hydrogens (tertiary/aromatic N) is 1. The molecule has 3 rings (SSSR count). The lowest BCUT2D eigenvalue weighted by Crippen LogP contribution is -2.23. The van der Waals surface area contributed by atoms with Gasteiger partial charge < -0.3 is 15.0 Å². The highest BCUT2D eigenvalue weighted by atomic mass is 16.5. The van der Waals surface area contributed by atoms with Gasteiger partial charge in [-0.25, -0.2) is 4.98 Å². The van der Waals surface area contributed by atoms with Gasteiger partial charge in [0.2, 0.25) is 0 Å². The van der Waals surface area contributed by atoms with Gasteiger partial charge in [-0.3, -0.25) is 4.79 Å². The molecular weight excluding hydrogens is 290 g/mol. The number of carbonyl (C=O) groups excluding carboxylic acids is 1. The monoisotopic (exact) mass is 307 g/mol. The van der Waals surface area contributed by atoms with Crippen LogP contribution >= 0.6 is 0 Å². The van der Waals surface area contributed by atoms with Crippen LogP contribution in [0.3, 0.4) is 0 Å². The number of aromatic nitrogens is 2. The predicted molar refractivity (Wildman–Crippen MR) is 88.2 cm³/mol. The van der Waals surface area contributed by atoms with Gasteiger partial charge in [-0.2, -0.15) is 0 Å². The number of methoxy groups -OCH3 is 1. The van der Waals surface area contributed by atoms with E-state index in [2.05, 4.69) is 15.3 Å². The van der Waals surface area contributed by atoms with Crippen molar-refractivity contribution >= 4 is 5.91 Å². The lowest BCUT2D eigenvalue weighted by molar-refractivity contribution is 0.0950. The molecule has 0 atom stereocenters. The summed E-state index contributed by atoms with van der Waals surface area (Å²) in [6.45, 7) is 0.351. The number of hydrogen-bond acceptors (Lipinski definition) is 3. The van der Waals surface area contributed by atoms with Crippen molar-refractivity contribution in [2.24, 2.45) is 0 Å². The maximum Gasteiger partial charge on any atom is 0.251 e. The fourth-order valence-electron chi connectivity index (χ4n) is 2.23. The van der Waals surface area contributed by atoms with Crippen molar-refractivity contribution in [2.45, 2.75) is 6.54 Å². The van der Waals surface area contributed by atoms with E-state index in [0.29, 0.717) is 17.9 Å². The summed E-state index contributed by atoms with van der Waals surface area (Å²) in [6.07, 6.45) is 1.76. The van der Waals surface area contributed by atoms with Crippen molar-refractivity contribution < 1.29 is 9.53 Å². The van der Waals surface area contributed by atoms with E-state index in [1.165, 1.54) is 0 Å². The largest absolute Gasteiger partial charge is 0.497 e. The first-order valence-corrected chi connectivity index (χ1v) is 7.28. The van der Waals surface area contributed by atoms with Crippen LogP contribution in [0.5, 0.6) is 5.75 Å². The maximum absolute atomic E-state index is 12.0. The number of benzene rings is 2. The fraction of sp³-hybridized carbons (Fsp3) is 0.111. The Morgan fingerprint density at radius 3 is 2.57 bits per heavy atom. The number of imidazole rings is 1. The Hall–Kier alpha value is -3.08. The summed E-state index contributed by atoms with van der Waals surface area (Å²) in [5.41, 5.74) is 2.55. The number of ether oxygens (including phenoxy) is 1. The third kappa shape index (κ3) is 3.58. The van der Waals surface area contributed by atoms with E-state index in [4.69, 9.17) is 4.74 Å². The number of rotatable bonds is 5. The third-order valence-electron chi connectivity index (χ3n) is 3.48. The Balaban J connectivity index is 1.64. The molecule has 1 aromatic heterocycles. The van der Waals surface area contributed by atoms with E-state index in [1.807, 2.05) is 42.5 Å². The number of nitrogens with one attached hydrogen (secondary N) is 2. The van der Waals surface area contributed by atoms with Gasteiger partial charge in [0, 0.05) is 5.56 Å². The minimum Gasteiger partial charge on any atom is -0.497 e. The van der Waals surface area contributed by atoms with Crippen molar-refractivity contribution in [3.8, 4) is 17.0 Å². The van der Waals surface area contributed by atoms with Crippen molar-refractivity contribution in [2.75, 3.05) is 7.11 Å². The molecule has 1 heterocycles. The molecule has 0 fully saturated rings. The van der Waals surface area contributed by atoms with E-state index in [9.17, 15) is 4.79 Å². The molecule has 0 unspecified atom stereocenters. The van der Waals surface area contributed by atoms with Crippen LogP contribution in [0.2, 0.25) is 0 Å². The molecule has 0 saturated carbocycles. The maximum atomic E-state index is 12.0. The van der Waals surface area contributed by atoms with Crippen LogP contribution in [0.1, 0.15) is 16.2 Å². The number of amides is 1. The minimum atomic E-state index is -0.118. The van der Waals surface area contributed by atoms with Gasteiger partial charge in [-0.1, -0.05) is 18.2 Å². The summed E-state index contributed by atoms with van der Waals surface area (Å²) in [6, 6.07) is 16.8. The molecule has 23 heavy (non-hydrogen) atoms. The lowest BCUT2D eigenvalue weighted by Gasteiger charge is -2.03. The third-order valence-corrected chi connectivity index (χ3v) is 3.48. The Bertz CT molecular complexity index is 780. The second kappa shape index (κ2) is 6.79. The molecule has 2 aromatic carbocycles. The van der Waals surface area contributed by atoms with E-state index >= 15 is 0 Å². The minimum absolute atomic E-state index is 0.118. The van der Waals surface area contributed by atoms with Crippen LogP contribution in [0.25, 0.3) is 11.3 Å². The van der Waals surface area contributed by atoms with Crippen molar-refractivity contribution in [3.05, 3.63) is 72.2 Å². The quantitative estimate of drug-likeness (QED) is 0.761. The molecule has 0 saturated heterocycles. The summed E-state index contributed by atoms with van der Waals surface area (Å²) in [5, 5.41) is 2.85. The Morgan fingerprint density at radius 1 is 1.13 bits per heavy atom. The summed E-state index contributed by atoms with van der Waals surface area (Å²) < 4.78 is 5.14. The number of aromatic amines is 1. The molecule has 0 aliphatic carbocycles. The predicted octanol–water partition coefficient (Wildman–Crippen LogP) is 3.02. The Kier molecular flexibility index (Phi) is 4.38. The molecule has 0 aliphatic rings. The van der Waals surface area contributed by atoms with Gasteiger partial charge in [-0.15, -0.1) is 0 Å². The molecule has 5 heteroatoms. The number of hydrogen-bond donors (Lipinski definition) is 2. The van der Waals surface area contributed by atoms with Gasteiger partial charge >= 0.3 is 0 Å². The molecule has 5 nitrogen and oxygen atoms in total. The topological polar surface area (TPSA) is 67.0 Å². The molecule has 0 bridgehead atoms. The van der Waals surface area contributed by atoms with Crippen molar-refractivity contribution in [3.63, 3.8) is 0 Å². The zero-order valence-corrected chi connectivity index (χ0v) is 12.7. The van der Waals surface area contributed by atoms with Gasteiger partial charge in [0.05, 0.1) is 25.5 Å².